The van der Waals surface area contributed by atoms with Gasteiger partial charge in [-0.25, -0.2) is 0 Å². The van der Waals surface area contributed by atoms with E-state index >= 15 is 0 Å². The molecular formula is C18H18ClNO3. The second kappa shape index (κ2) is 8.46. The smallest absolute Gasteiger partial charge is 0.226 e. The first-order chi connectivity index (χ1) is 11.1. The molecule has 0 aliphatic rings. The summed E-state index contributed by atoms with van der Waals surface area (Å²) in [6.07, 6.45) is 0.232. The van der Waals surface area contributed by atoms with Gasteiger partial charge in [0.2, 0.25) is 5.91 Å². The number of hydrogen-bond acceptors (Lipinski definition) is 3. The second-order valence-electron chi connectivity index (χ2n) is 4.88. The molecule has 0 unspecified atom stereocenters. The minimum absolute atomic E-state index is 0.187. The van der Waals surface area contributed by atoms with Crippen molar-refractivity contribution >= 4 is 29.0 Å². The van der Waals surface area contributed by atoms with Gasteiger partial charge in [-0.05, 0) is 25.1 Å². The molecular weight excluding hydrogens is 314 g/mol. The lowest BCUT2D eigenvalue weighted by Gasteiger charge is -2.11. The SMILES string of the molecule is CCOCCC(=O)Nc1ccc(Cl)cc1C(=O)c1ccccc1. The van der Waals surface area contributed by atoms with E-state index in [1.807, 2.05) is 13.0 Å². The summed E-state index contributed by atoms with van der Waals surface area (Å²) in [5.41, 5.74) is 1.36. The van der Waals surface area contributed by atoms with Crippen LogP contribution in [0.25, 0.3) is 0 Å². The van der Waals surface area contributed by atoms with Gasteiger partial charge in [-0.2, -0.15) is 0 Å². The number of halogens is 1. The summed E-state index contributed by atoms with van der Waals surface area (Å²) in [4.78, 5) is 24.6. The molecule has 0 radical (unpaired) electrons. The third-order valence-corrected chi connectivity index (χ3v) is 3.45. The number of ketones is 1. The average Bonchev–Trinajstić information content (AvgIpc) is 2.57. The average molecular weight is 332 g/mol. The van der Waals surface area contributed by atoms with E-state index < -0.39 is 0 Å². The topological polar surface area (TPSA) is 55.4 Å². The summed E-state index contributed by atoms with van der Waals surface area (Å²) in [5.74, 6) is -0.393. The van der Waals surface area contributed by atoms with Crippen molar-refractivity contribution < 1.29 is 14.3 Å². The van der Waals surface area contributed by atoms with Crippen molar-refractivity contribution in [2.75, 3.05) is 18.5 Å². The molecule has 0 atom stereocenters. The molecule has 1 N–H and O–H groups in total. The Morgan fingerprint density at radius 3 is 2.57 bits per heavy atom. The van der Waals surface area contributed by atoms with Gasteiger partial charge in [0, 0.05) is 22.8 Å². The quantitative estimate of drug-likeness (QED) is 0.617. The zero-order valence-electron chi connectivity index (χ0n) is 12.8. The Bertz CT molecular complexity index is 686. The van der Waals surface area contributed by atoms with Crippen molar-refractivity contribution in [3.8, 4) is 0 Å². The molecule has 0 aliphatic heterocycles. The molecule has 5 heteroatoms. The molecule has 120 valence electrons. The maximum Gasteiger partial charge on any atom is 0.226 e. The first-order valence-electron chi connectivity index (χ1n) is 7.38. The number of carbonyl (C=O) groups excluding carboxylic acids is 2. The van der Waals surface area contributed by atoms with Crippen LogP contribution in [0.15, 0.2) is 48.5 Å². The van der Waals surface area contributed by atoms with Crippen LogP contribution in [0, 0.1) is 0 Å². The molecule has 0 spiro atoms. The highest BCUT2D eigenvalue weighted by Crippen LogP contribution is 2.24. The molecule has 0 bridgehead atoms. The van der Waals surface area contributed by atoms with Crippen LogP contribution in [0.5, 0.6) is 0 Å². The van der Waals surface area contributed by atoms with Gasteiger partial charge in [0.05, 0.1) is 18.7 Å². The standard InChI is InChI=1S/C18H18ClNO3/c1-2-23-11-10-17(21)20-16-9-8-14(19)12-15(16)18(22)13-6-4-3-5-7-13/h3-9,12H,2,10-11H2,1H3,(H,20,21). The number of amides is 1. The van der Waals surface area contributed by atoms with Crippen molar-refractivity contribution in [2.24, 2.45) is 0 Å². The van der Waals surface area contributed by atoms with Gasteiger partial charge in [-0.1, -0.05) is 41.9 Å². The highest BCUT2D eigenvalue weighted by atomic mass is 35.5. The van der Waals surface area contributed by atoms with Crippen LogP contribution in [0.1, 0.15) is 29.3 Å². The fourth-order valence-corrected chi connectivity index (χ4v) is 2.25. The summed E-state index contributed by atoms with van der Waals surface area (Å²) < 4.78 is 5.16. The maximum absolute atomic E-state index is 12.6. The van der Waals surface area contributed by atoms with Gasteiger partial charge in [-0.15, -0.1) is 0 Å². The monoisotopic (exact) mass is 331 g/mol. The number of carbonyl (C=O) groups is 2. The molecule has 2 rings (SSSR count). The predicted molar refractivity (Wildman–Crippen MR) is 91.1 cm³/mol. The summed E-state index contributed by atoms with van der Waals surface area (Å²) in [6.45, 7) is 2.78. The lowest BCUT2D eigenvalue weighted by molar-refractivity contribution is -0.117. The Hall–Kier alpha value is -2.17. The number of ether oxygens (including phenoxy) is 1. The van der Waals surface area contributed by atoms with Crippen LogP contribution < -0.4 is 5.32 Å². The molecule has 0 fully saturated rings. The van der Waals surface area contributed by atoms with E-state index in [0.717, 1.165) is 0 Å². The molecule has 0 heterocycles. The molecule has 2 aromatic rings. The second-order valence-corrected chi connectivity index (χ2v) is 5.32. The van der Waals surface area contributed by atoms with E-state index in [1.165, 1.54) is 0 Å². The lowest BCUT2D eigenvalue weighted by Crippen LogP contribution is -2.16. The minimum Gasteiger partial charge on any atom is -0.381 e. The van der Waals surface area contributed by atoms with E-state index in [0.29, 0.717) is 35.1 Å². The molecule has 4 nitrogen and oxygen atoms in total. The van der Waals surface area contributed by atoms with E-state index in [-0.39, 0.29) is 18.1 Å². The Morgan fingerprint density at radius 2 is 1.87 bits per heavy atom. The first kappa shape index (κ1) is 17.2. The first-order valence-corrected chi connectivity index (χ1v) is 7.76. The van der Waals surface area contributed by atoms with Crippen molar-refractivity contribution in [2.45, 2.75) is 13.3 Å². The van der Waals surface area contributed by atoms with Gasteiger partial charge in [0.15, 0.2) is 5.78 Å². The summed E-state index contributed by atoms with van der Waals surface area (Å²) >= 11 is 6.00. The molecule has 1 amide bonds. The van der Waals surface area contributed by atoms with Crippen molar-refractivity contribution in [3.63, 3.8) is 0 Å². The minimum atomic E-state index is -0.206. The Morgan fingerprint density at radius 1 is 1.13 bits per heavy atom. The van der Waals surface area contributed by atoms with E-state index in [4.69, 9.17) is 16.3 Å². The molecule has 0 aliphatic carbocycles. The Labute approximate surface area is 140 Å². The number of anilines is 1. The highest BCUT2D eigenvalue weighted by molar-refractivity contribution is 6.31. The molecule has 0 saturated carbocycles. The number of benzene rings is 2. The number of rotatable bonds is 7. The zero-order chi connectivity index (χ0) is 16.7. The van der Waals surface area contributed by atoms with Crippen LogP contribution in [-0.2, 0) is 9.53 Å². The summed E-state index contributed by atoms with van der Waals surface area (Å²) in [5, 5.41) is 3.19. The van der Waals surface area contributed by atoms with Gasteiger partial charge in [-0.3, -0.25) is 9.59 Å². The third kappa shape index (κ3) is 4.91. The van der Waals surface area contributed by atoms with E-state index in [2.05, 4.69) is 5.32 Å². The third-order valence-electron chi connectivity index (χ3n) is 3.21. The lowest BCUT2D eigenvalue weighted by atomic mass is 10.0. The van der Waals surface area contributed by atoms with Crippen molar-refractivity contribution in [1.29, 1.82) is 0 Å². The largest absolute Gasteiger partial charge is 0.381 e. The molecule has 23 heavy (non-hydrogen) atoms. The van der Waals surface area contributed by atoms with Crippen LogP contribution in [0.4, 0.5) is 5.69 Å². The molecule has 0 aromatic heterocycles. The van der Waals surface area contributed by atoms with Crippen molar-refractivity contribution in [1.82, 2.24) is 0 Å². The zero-order valence-corrected chi connectivity index (χ0v) is 13.6. The number of nitrogens with one attached hydrogen (secondary N) is 1. The van der Waals surface area contributed by atoms with Gasteiger partial charge >= 0.3 is 0 Å². The van der Waals surface area contributed by atoms with Crippen LogP contribution in [0.3, 0.4) is 0 Å². The maximum atomic E-state index is 12.6. The van der Waals surface area contributed by atoms with E-state index in [9.17, 15) is 9.59 Å². The fraction of sp³-hybridized carbons (Fsp3) is 0.222. The van der Waals surface area contributed by atoms with Gasteiger partial charge in [0.1, 0.15) is 0 Å². The van der Waals surface area contributed by atoms with E-state index in [1.54, 1.807) is 42.5 Å². The normalized spacial score (nSPS) is 10.3. The number of hydrogen-bond donors (Lipinski definition) is 1. The van der Waals surface area contributed by atoms with Gasteiger partial charge < -0.3 is 10.1 Å². The summed E-state index contributed by atoms with van der Waals surface area (Å²) in [6, 6.07) is 13.7. The Balaban J connectivity index is 2.21. The van der Waals surface area contributed by atoms with Gasteiger partial charge in [0.25, 0.3) is 0 Å². The summed E-state index contributed by atoms with van der Waals surface area (Å²) in [7, 11) is 0. The van der Waals surface area contributed by atoms with Crippen LogP contribution >= 0.6 is 11.6 Å². The highest BCUT2D eigenvalue weighted by Gasteiger charge is 2.15. The fourth-order valence-electron chi connectivity index (χ4n) is 2.08. The Kier molecular flexibility index (Phi) is 6.32. The molecule has 2 aromatic carbocycles. The molecule has 0 saturated heterocycles. The predicted octanol–water partition coefficient (Wildman–Crippen LogP) is 3.94. The van der Waals surface area contributed by atoms with Crippen LogP contribution in [0.2, 0.25) is 5.02 Å². The van der Waals surface area contributed by atoms with Crippen LogP contribution in [-0.4, -0.2) is 24.9 Å². The van der Waals surface area contributed by atoms with Crippen molar-refractivity contribution in [3.05, 3.63) is 64.7 Å².